The summed E-state index contributed by atoms with van der Waals surface area (Å²) >= 11 is 0. The second-order valence-electron chi connectivity index (χ2n) is 8.03. The van der Waals surface area contributed by atoms with Crippen molar-refractivity contribution in [3.8, 4) is 0 Å². The zero-order valence-electron chi connectivity index (χ0n) is 14.9. The van der Waals surface area contributed by atoms with Crippen LogP contribution in [0.1, 0.15) is 61.5 Å². The van der Waals surface area contributed by atoms with Gasteiger partial charge in [0.2, 0.25) is 5.91 Å². The number of amides is 1. The molecule has 0 spiro atoms. The van der Waals surface area contributed by atoms with E-state index in [-0.39, 0.29) is 11.3 Å². The van der Waals surface area contributed by atoms with Crippen LogP contribution in [0.15, 0.2) is 18.2 Å². The van der Waals surface area contributed by atoms with Crippen molar-refractivity contribution in [1.82, 2.24) is 4.90 Å². The largest absolute Gasteiger partial charge is 0.366 e. The predicted molar refractivity (Wildman–Crippen MR) is 94.6 cm³/mol. The molecule has 0 aromatic heterocycles. The van der Waals surface area contributed by atoms with Crippen LogP contribution >= 0.6 is 0 Å². The molecule has 1 saturated carbocycles. The summed E-state index contributed by atoms with van der Waals surface area (Å²) in [6.07, 6.45) is 3.97. The van der Waals surface area contributed by atoms with Crippen molar-refractivity contribution in [2.45, 2.75) is 58.4 Å². The van der Waals surface area contributed by atoms with Crippen molar-refractivity contribution in [1.29, 1.82) is 0 Å². The second kappa shape index (κ2) is 5.94. The Balaban J connectivity index is 1.89. The number of carbonyl (C=O) groups excluding carboxylic acids is 1. The minimum absolute atomic E-state index is 0.106. The summed E-state index contributed by atoms with van der Waals surface area (Å²) in [7, 11) is 0. The van der Waals surface area contributed by atoms with Crippen LogP contribution in [0.5, 0.6) is 0 Å². The molecule has 1 aliphatic heterocycles. The second-order valence-corrected chi connectivity index (χ2v) is 8.03. The minimum Gasteiger partial charge on any atom is -0.366 e. The van der Waals surface area contributed by atoms with Gasteiger partial charge in [-0.05, 0) is 80.2 Å². The molecule has 1 aromatic rings. The van der Waals surface area contributed by atoms with E-state index in [0.29, 0.717) is 17.5 Å². The first-order chi connectivity index (χ1) is 10.8. The van der Waals surface area contributed by atoms with Gasteiger partial charge in [-0.3, -0.25) is 4.79 Å². The van der Waals surface area contributed by atoms with Gasteiger partial charge in [0.1, 0.15) is 0 Å². The predicted octanol–water partition coefficient (Wildman–Crippen LogP) is 3.49. The Bertz CT molecular complexity index is 608. The van der Waals surface area contributed by atoms with Gasteiger partial charge in [-0.2, -0.15) is 0 Å². The zero-order valence-corrected chi connectivity index (χ0v) is 14.9. The van der Waals surface area contributed by atoms with Gasteiger partial charge in [0.05, 0.1) is 0 Å². The number of carbonyl (C=O) groups is 1. The highest BCUT2D eigenvalue weighted by molar-refractivity contribution is 5.93. The monoisotopic (exact) mass is 314 g/mol. The van der Waals surface area contributed by atoms with Crippen molar-refractivity contribution in [2.24, 2.45) is 17.6 Å². The van der Waals surface area contributed by atoms with Crippen molar-refractivity contribution < 1.29 is 4.79 Å². The number of piperidine rings is 1. The standard InChI is InChI=1S/C20H30N2O/c1-13-5-8-17(19(21)23)11-18(13)20(4)9-10-22(12-16-6-7-16)15(3)14(20)2/h5,8,11,14-16H,6-7,9-10,12H2,1-4H3,(H2,21,23)/t14-,15+,20?/m0/s1. The van der Waals surface area contributed by atoms with E-state index >= 15 is 0 Å². The third-order valence-electron chi connectivity index (χ3n) is 6.55. The molecule has 2 fully saturated rings. The average molecular weight is 314 g/mol. The van der Waals surface area contributed by atoms with Crippen LogP contribution < -0.4 is 5.73 Å². The number of aryl methyl sites for hydroxylation is 1. The van der Waals surface area contributed by atoms with E-state index in [2.05, 4.69) is 38.7 Å². The van der Waals surface area contributed by atoms with Crippen LogP contribution in [0.25, 0.3) is 0 Å². The van der Waals surface area contributed by atoms with Crippen molar-refractivity contribution in [3.63, 3.8) is 0 Å². The highest BCUT2D eigenvalue weighted by Crippen LogP contribution is 2.44. The molecule has 1 amide bonds. The van der Waals surface area contributed by atoms with Gasteiger partial charge in [0.15, 0.2) is 0 Å². The lowest BCUT2D eigenvalue weighted by molar-refractivity contribution is 0.0495. The SMILES string of the molecule is Cc1ccc(C(N)=O)cc1C1(C)CCN(CC2CC2)[C@H](C)[C@@H]1C. The minimum atomic E-state index is -0.332. The molecule has 126 valence electrons. The van der Waals surface area contributed by atoms with E-state index in [0.717, 1.165) is 18.9 Å². The number of benzene rings is 1. The number of hydrogen-bond donors (Lipinski definition) is 1. The molecule has 1 saturated heterocycles. The van der Waals surface area contributed by atoms with E-state index in [1.807, 2.05) is 12.1 Å². The van der Waals surface area contributed by atoms with Gasteiger partial charge in [0, 0.05) is 18.2 Å². The molecule has 3 rings (SSSR count). The first-order valence-corrected chi connectivity index (χ1v) is 8.98. The van der Waals surface area contributed by atoms with Crippen molar-refractivity contribution in [2.75, 3.05) is 13.1 Å². The number of nitrogens with two attached hydrogens (primary N) is 1. The number of likely N-dealkylation sites (tertiary alicyclic amines) is 1. The Morgan fingerprint density at radius 1 is 1.35 bits per heavy atom. The molecule has 3 atom stereocenters. The van der Waals surface area contributed by atoms with E-state index < -0.39 is 0 Å². The van der Waals surface area contributed by atoms with Crippen molar-refractivity contribution in [3.05, 3.63) is 34.9 Å². The molecule has 1 unspecified atom stereocenters. The van der Waals surface area contributed by atoms with Crippen LogP contribution in [0.2, 0.25) is 0 Å². The number of rotatable bonds is 4. The Morgan fingerprint density at radius 2 is 2.04 bits per heavy atom. The van der Waals surface area contributed by atoms with Gasteiger partial charge in [0.25, 0.3) is 0 Å². The normalized spacial score (nSPS) is 32.0. The van der Waals surface area contributed by atoms with Crippen molar-refractivity contribution >= 4 is 5.91 Å². The molecular formula is C20H30N2O. The summed E-state index contributed by atoms with van der Waals surface area (Å²) in [6.45, 7) is 11.7. The molecule has 1 heterocycles. The molecule has 23 heavy (non-hydrogen) atoms. The topological polar surface area (TPSA) is 46.3 Å². The number of hydrogen-bond acceptors (Lipinski definition) is 2. The summed E-state index contributed by atoms with van der Waals surface area (Å²) in [6, 6.07) is 6.51. The molecule has 0 bridgehead atoms. The Labute approximate surface area is 140 Å². The molecule has 1 aliphatic carbocycles. The third-order valence-corrected chi connectivity index (χ3v) is 6.55. The van der Waals surface area contributed by atoms with Gasteiger partial charge in [-0.1, -0.05) is 19.9 Å². The van der Waals surface area contributed by atoms with Gasteiger partial charge in [-0.15, -0.1) is 0 Å². The van der Waals surface area contributed by atoms with Crippen LogP contribution in [-0.4, -0.2) is 29.9 Å². The van der Waals surface area contributed by atoms with E-state index in [4.69, 9.17) is 5.73 Å². The zero-order chi connectivity index (χ0) is 16.8. The van der Waals surface area contributed by atoms with E-state index in [9.17, 15) is 4.79 Å². The maximum Gasteiger partial charge on any atom is 0.248 e. The summed E-state index contributed by atoms with van der Waals surface area (Å²) in [4.78, 5) is 14.3. The molecule has 1 aromatic carbocycles. The number of primary amides is 1. The van der Waals surface area contributed by atoms with Gasteiger partial charge >= 0.3 is 0 Å². The Hall–Kier alpha value is -1.35. The third kappa shape index (κ3) is 3.03. The fourth-order valence-electron chi connectivity index (χ4n) is 4.32. The van der Waals surface area contributed by atoms with Gasteiger partial charge in [-0.25, -0.2) is 0 Å². The average Bonchev–Trinajstić information content (AvgIpc) is 3.32. The molecular weight excluding hydrogens is 284 g/mol. The first kappa shape index (κ1) is 16.5. The smallest absolute Gasteiger partial charge is 0.248 e. The summed E-state index contributed by atoms with van der Waals surface area (Å²) in [5.41, 5.74) is 8.82. The fourth-order valence-corrected chi connectivity index (χ4v) is 4.32. The maximum atomic E-state index is 11.6. The molecule has 3 nitrogen and oxygen atoms in total. The number of nitrogens with zero attached hydrogens (tertiary/aromatic N) is 1. The summed E-state index contributed by atoms with van der Waals surface area (Å²) < 4.78 is 0. The highest BCUT2D eigenvalue weighted by atomic mass is 16.1. The molecule has 3 heteroatoms. The lowest BCUT2D eigenvalue weighted by Gasteiger charge is -2.50. The van der Waals surface area contributed by atoms with Gasteiger partial charge < -0.3 is 10.6 Å². The Morgan fingerprint density at radius 3 is 2.65 bits per heavy atom. The lowest BCUT2D eigenvalue weighted by Crippen LogP contribution is -2.53. The fraction of sp³-hybridized carbons (Fsp3) is 0.650. The first-order valence-electron chi connectivity index (χ1n) is 8.98. The molecule has 2 N–H and O–H groups in total. The quantitative estimate of drug-likeness (QED) is 0.924. The molecule has 2 aliphatic rings. The summed E-state index contributed by atoms with van der Waals surface area (Å²) in [5.74, 6) is 1.16. The maximum absolute atomic E-state index is 11.6. The highest BCUT2D eigenvalue weighted by Gasteiger charge is 2.43. The van der Waals surface area contributed by atoms with Crippen LogP contribution in [-0.2, 0) is 5.41 Å². The molecule has 0 radical (unpaired) electrons. The van der Waals surface area contributed by atoms with Crippen LogP contribution in [0, 0.1) is 18.8 Å². The lowest BCUT2D eigenvalue weighted by atomic mass is 9.64. The van der Waals surface area contributed by atoms with E-state index in [1.54, 1.807) is 0 Å². The van der Waals surface area contributed by atoms with Crippen LogP contribution in [0.3, 0.4) is 0 Å². The van der Waals surface area contributed by atoms with E-state index in [1.165, 1.54) is 30.5 Å². The van der Waals surface area contributed by atoms with Crippen LogP contribution in [0.4, 0.5) is 0 Å². The summed E-state index contributed by atoms with van der Waals surface area (Å²) in [5, 5.41) is 0. The Kier molecular flexibility index (Phi) is 4.26.